The molecule has 0 atom stereocenters. The number of nitrogens with zero attached hydrogens (tertiary/aromatic N) is 2. The van der Waals surface area contributed by atoms with Crippen LogP contribution in [0.4, 0.5) is 10.1 Å². The Morgan fingerprint density at radius 1 is 1.00 bits per heavy atom. The van der Waals surface area contributed by atoms with E-state index in [1.807, 2.05) is 0 Å². The van der Waals surface area contributed by atoms with Crippen LogP contribution in [0.1, 0.15) is 12.8 Å². The van der Waals surface area contributed by atoms with E-state index in [1.165, 1.54) is 16.4 Å². The van der Waals surface area contributed by atoms with Crippen LogP contribution >= 0.6 is 27.7 Å². The molecular formula is C19H18BrFN2O3S2. The van der Waals surface area contributed by atoms with Crippen molar-refractivity contribution in [1.82, 2.24) is 4.31 Å². The van der Waals surface area contributed by atoms with Gasteiger partial charge in [-0.25, -0.2) is 12.8 Å². The van der Waals surface area contributed by atoms with Crippen LogP contribution < -0.4 is 4.90 Å². The van der Waals surface area contributed by atoms with Gasteiger partial charge in [0.05, 0.1) is 15.5 Å². The first-order valence-electron chi connectivity index (χ1n) is 8.80. The van der Waals surface area contributed by atoms with E-state index in [0.717, 1.165) is 4.47 Å². The Labute approximate surface area is 176 Å². The van der Waals surface area contributed by atoms with Gasteiger partial charge in [0.1, 0.15) is 5.82 Å². The number of hydrogen-bond acceptors (Lipinski definition) is 4. The maximum Gasteiger partial charge on any atom is 0.243 e. The largest absolute Gasteiger partial charge is 0.296 e. The van der Waals surface area contributed by atoms with Crippen LogP contribution in [0, 0.1) is 5.82 Å². The summed E-state index contributed by atoms with van der Waals surface area (Å²) in [7, 11) is -3.58. The van der Waals surface area contributed by atoms with Gasteiger partial charge in [-0.1, -0.05) is 15.9 Å². The molecule has 1 spiro atoms. The highest BCUT2D eigenvalue weighted by atomic mass is 79.9. The van der Waals surface area contributed by atoms with E-state index in [2.05, 4.69) is 15.9 Å². The molecule has 9 heteroatoms. The van der Waals surface area contributed by atoms with Crippen molar-refractivity contribution >= 4 is 49.3 Å². The highest BCUT2D eigenvalue weighted by Crippen LogP contribution is 2.47. The van der Waals surface area contributed by atoms with Crippen molar-refractivity contribution in [2.45, 2.75) is 22.6 Å². The minimum Gasteiger partial charge on any atom is -0.296 e. The molecule has 28 heavy (non-hydrogen) atoms. The van der Waals surface area contributed by atoms with Crippen LogP contribution in [0.25, 0.3) is 0 Å². The molecule has 4 rings (SSSR count). The number of hydrogen-bond donors (Lipinski definition) is 0. The van der Waals surface area contributed by atoms with E-state index in [0.29, 0.717) is 37.4 Å². The summed E-state index contributed by atoms with van der Waals surface area (Å²) in [6, 6.07) is 12.5. The molecule has 0 aliphatic carbocycles. The molecule has 2 aliphatic rings. The number of thioether (sulfide) groups is 1. The summed E-state index contributed by atoms with van der Waals surface area (Å²) in [4.78, 5) is 14.0. The van der Waals surface area contributed by atoms with E-state index in [9.17, 15) is 17.6 Å². The Kier molecular flexibility index (Phi) is 5.28. The predicted octanol–water partition coefficient (Wildman–Crippen LogP) is 3.85. The summed E-state index contributed by atoms with van der Waals surface area (Å²) in [5.74, 6) is -0.0371. The third kappa shape index (κ3) is 3.49. The van der Waals surface area contributed by atoms with Crippen LogP contribution in [0.3, 0.4) is 0 Å². The molecule has 1 amide bonds. The molecule has 2 heterocycles. The zero-order chi connectivity index (χ0) is 19.9. The van der Waals surface area contributed by atoms with Crippen molar-refractivity contribution in [3.05, 3.63) is 58.8 Å². The second-order valence-electron chi connectivity index (χ2n) is 6.80. The van der Waals surface area contributed by atoms with Crippen LogP contribution in [0.2, 0.25) is 0 Å². The molecule has 2 aromatic carbocycles. The van der Waals surface area contributed by atoms with Crippen LogP contribution in [0.15, 0.2) is 57.9 Å². The zero-order valence-corrected chi connectivity index (χ0v) is 18.1. The van der Waals surface area contributed by atoms with Gasteiger partial charge in [0, 0.05) is 23.2 Å². The predicted molar refractivity (Wildman–Crippen MR) is 111 cm³/mol. The SMILES string of the molecule is O=C1CSC2(CCN(S(=O)(=O)c3ccc(Br)cc3)CC2)N1c1ccc(F)cc1. The van der Waals surface area contributed by atoms with Gasteiger partial charge in [0.25, 0.3) is 0 Å². The number of piperidine rings is 1. The number of halogens is 2. The highest BCUT2D eigenvalue weighted by Gasteiger charge is 2.49. The third-order valence-corrected chi connectivity index (χ3v) is 9.12. The summed E-state index contributed by atoms with van der Waals surface area (Å²) in [5, 5.41) is 0. The number of rotatable bonds is 3. The van der Waals surface area contributed by atoms with Gasteiger partial charge in [-0.2, -0.15) is 4.31 Å². The molecule has 2 fully saturated rings. The summed E-state index contributed by atoms with van der Waals surface area (Å²) >= 11 is 4.86. The number of carbonyl (C=O) groups excluding carboxylic acids is 1. The second kappa shape index (κ2) is 7.44. The molecule has 0 bridgehead atoms. The minimum atomic E-state index is -3.58. The van der Waals surface area contributed by atoms with Crippen molar-refractivity contribution in [3.63, 3.8) is 0 Å². The van der Waals surface area contributed by atoms with Crippen LogP contribution in [-0.4, -0.2) is 42.3 Å². The van der Waals surface area contributed by atoms with E-state index in [1.54, 1.807) is 53.1 Å². The number of sulfonamides is 1. The molecule has 0 radical (unpaired) electrons. The molecule has 0 unspecified atom stereocenters. The minimum absolute atomic E-state index is 0.0270. The lowest BCUT2D eigenvalue weighted by Gasteiger charge is -2.43. The van der Waals surface area contributed by atoms with Crippen molar-refractivity contribution in [2.24, 2.45) is 0 Å². The summed E-state index contributed by atoms with van der Waals surface area (Å²) in [5.41, 5.74) is 0.653. The van der Waals surface area contributed by atoms with Gasteiger partial charge in [0.2, 0.25) is 15.9 Å². The lowest BCUT2D eigenvalue weighted by atomic mass is 10.0. The smallest absolute Gasteiger partial charge is 0.243 e. The van der Waals surface area contributed by atoms with Gasteiger partial charge in [-0.3, -0.25) is 9.69 Å². The molecule has 2 aromatic rings. The third-order valence-electron chi connectivity index (χ3n) is 5.16. The lowest BCUT2D eigenvalue weighted by molar-refractivity contribution is -0.116. The molecule has 2 aliphatic heterocycles. The average Bonchev–Trinajstić information content (AvgIpc) is 2.99. The fourth-order valence-corrected chi connectivity index (χ4v) is 6.76. The Morgan fingerprint density at radius 2 is 1.61 bits per heavy atom. The summed E-state index contributed by atoms with van der Waals surface area (Å²) in [6.45, 7) is 0.659. The number of carbonyl (C=O) groups is 1. The van der Waals surface area contributed by atoms with Gasteiger partial charge in [0.15, 0.2) is 0 Å². The molecule has 148 valence electrons. The second-order valence-corrected chi connectivity index (χ2v) is 11.0. The number of anilines is 1. The Balaban J connectivity index is 1.56. The average molecular weight is 485 g/mol. The molecule has 0 saturated carbocycles. The molecule has 0 aromatic heterocycles. The Hall–Kier alpha value is -1.42. The number of benzene rings is 2. The zero-order valence-electron chi connectivity index (χ0n) is 14.8. The van der Waals surface area contributed by atoms with Crippen molar-refractivity contribution in [1.29, 1.82) is 0 Å². The summed E-state index contributed by atoms with van der Waals surface area (Å²) in [6.07, 6.45) is 1.05. The van der Waals surface area contributed by atoms with Gasteiger partial charge < -0.3 is 0 Å². The number of amides is 1. The van der Waals surface area contributed by atoms with Gasteiger partial charge >= 0.3 is 0 Å². The monoisotopic (exact) mass is 484 g/mol. The molecule has 0 N–H and O–H groups in total. The van der Waals surface area contributed by atoms with E-state index < -0.39 is 14.9 Å². The fourth-order valence-electron chi connectivity index (χ4n) is 3.72. The first kappa shape index (κ1) is 19.9. The maximum absolute atomic E-state index is 13.3. The normalized spacial score (nSPS) is 20.1. The standard InChI is InChI=1S/C19H18BrFN2O3S2/c20-14-1-7-17(8-2-14)28(25,26)22-11-9-19(10-12-22)23(18(24)13-27-19)16-5-3-15(21)4-6-16/h1-8H,9-13H2. The van der Waals surface area contributed by atoms with Crippen molar-refractivity contribution in [3.8, 4) is 0 Å². The van der Waals surface area contributed by atoms with E-state index in [-0.39, 0.29) is 16.6 Å². The summed E-state index contributed by atoms with van der Waals surface area (Å²) < 4.78 is 41.5. The van der Waals surface area contributed by atoms with Crippen molar-refractivity contribution < 1.29 is 17.6 Å². The van der Waals surface area contributed by atoms with Crippen molar-refractivity contribution in [2.75, 3.05) is 23.7 Å². The van der Waals surface area contributed by atoms with Crippen LogP contribution in [-0.2, 0) is 14.8 Å². The molecule has 2 saturated heterocycles. The maximum atomic E-state index is 13.3. The first-order chi connectivity index (χ1) is 13.3. The molecular weight excluding hydrogens is 467 g/mol. The highest BCUT2D eigenvalue weighted by molar-refractivity contribution is 9.10. The first-order valence-corrected chi connectivity index (χ1v) is 12.0. The fraction of sp³-hybridized carbons (Fsp3) is 0.316. The van der Waals surface area contributed by atoms with Gasteiger partial charge in [-0.05, 0) is 61.4 Å². The molecule has 5 nitrogen and oxygen atoms in total. The van der Waals surface area contributed by atoms with E-state index >= 15 is 0 Å². The van der Waals surface area contributed by atoms with Gasteiger partial charge in [-0.15, -0.1) is 11.8 Å². The Morgan fingerprint density at radius 3 is 2.21 bits per heavy atom. The Bertz CT molecular complexity index is 989. The quantitative estimate of drug-likeness (QED) is 0.663. The van der Waals surface area contributed by atoms with Crippen LogP contribution in [0.5, 0.6) is 0 Å². The van der Waals surface area contributed by atoms with E-state index in [4.69, 9.17) is 0 Å². The topological polar surface area (TPSA) is 57.7 Å². The lowest BCUT2D eigenvalue weighted by Crippen LogP contribution is -2.53.